The molecule has 1 saturated heterocycles. The van der Waals surface area contributed by atoms with E-state index in [1.54, 1.807) is 4.90 Å². The summed E-state index contributed by atoms with van der Waals surface area (Å²) >= 11 is 0. The Morgan fingerprint density at radius 2 is 1.83 bits per heavy atom. The van der Waals surface area contributed by atoms with Crippen molar-refractivity contribution in [2.75, 3.05) is 26.3 Å². The normalized spacial score (nSPS) is 20.9. The number of para-hydroxylation sites is 1. The van der Waals surface area contributed by atoms with E-state index in [1.807, 2.05) is 44.2 Å². The standard InChI is InChI=1S/C17H23NO5/c1-13-10-18(11-14(2)23-13)16(19)12-22-17(20)8-9-21-15-6-4-3-5-7-15/h3-7,13-14H,8-12H2,1-2H3/t13-,14-/m0/s1. The maximum absolute atomic E-state index is 12.1. The fourth-order valence-corrected chi connectivity index (χ4v) is 2.46. The fourth-order valence-electron chi connectivity index (χ4n) is 2.46. The maximum Gasteiger partial charge on any atom is 0.309 e. The third kappa shape index (κ3) is 5.90. The molecule has 1 aromatic carbocycles. The molecule has 0 N–H and O–H groups in total. The van der Waals surface area contributed by atoms with Gasteiger partial charge in [0, 0.05) is 13.1 Å². The van der Waals surface area contributed by atoms with Gasteiger partial charge in [0.05, 0.1) is 25.2 Å². The summed E-state index contributed by atoms with van der Waals surface area (Å²) in [5, 5.41) is 0. The van der Waals surface area contributed by atoms with Crippen LogP contribution < -0.4 is 4.74 Å². The van der Waals surface area contributed by atoms with E-state index >= 15 is 0 Å². The first kappa shape index (κ1) is 17.3. The molecule has 1 aliphatic heterocycles. The van der Waals surface area contributed by atoms with Crippen molar-refractivity contribution in [3.63, 3.8) is 0 Å². The molecule has 1 amide bonds. The summed E-state index contributed by atoms with van der Waals surface area (Å²) in [6.45, 7) is 4.88. The van der Waals surface area contributed by atoms with Gasteiger partial charge in [-0.25, -0.2) is 0 Å². The molecule has 2 rings (SSSR count). The van der Waals surface area contributed by atoms with Crippen molar-refractivity contribution in [3.8, 4) is 5.75 Å². The molecular formula is C17H23NO5. The van der Waals surface area contributed by atoms with Gasteiger partial charge in [-0.1, -0.05) is 18.2 Å². The molecule has 0 aromatic heterocycles. The maximum atomic E-state index is 12.1. The predicted molar refractivity (Wildman–Crippen MR) is 84.1 cm³/mol. The summed E-state index contributed by atoms with van der Waals surface area (Å²) < 4.78 is 16.0. The van der Waals surface area contributed by atoms with Crippen LogP contribution in [0.2, 0.25) is 0 Å². The van der Waals surface area contributed by atoms with Crippen molar-refractivity contribution in [1.29, 1.82) is 0 Å². The van der Waals surface area contributed by atoms with Crippen LogP contribution in [0.1, 0.15) is 20.3 Å². The van der Waals surface area contributed by atoms with Gasteiger partial charge in [-0.2, -0.15) is 0 Å². The molecule has 0 spiro atoms. The first-order valence-electron chi connectivity index (χ1n) is 7.81. The number of rotatable bonds is 6. The fraction of sp³-hybridized carbons (Fsp3) is 0.529. The largest absolute Gasteiger partial charge is 0.493 e. The van der Waals surface area contributed by atoms with Crippen molar-refractivity contribution in [3.05, 3.63) is 30.3 Å². The molecule has 6 heteroatoms. The second kappa shape index (κ2) is 8.53. The Balaban J connectivity index is 1.64. The molecule has 0 unspecified atom stereocenters. The quantitative estimate of drug-likeness (QED) is 0.745. The summed E-state index contributed by atoms with van der Waals surface area (Å²) in [6, 6.07) is 9.23. The van der Waals surface area contributed by atoms with E-state index in [4.69, 9.17) is 14.2 Å². The molecule has 1 fully saturated rings. The van der Waals surface area contributed by atoms with E-state index in [-0.39, 0.29) is 37.7 Å². The number of benzene rings is 1. The Kier molecular flexibility index (Phi) is 6.40. The van der Waals surface area contributed by atoms with E-state index in [9.17, 15) is 9.59 Å². The third-order valence-electron chi connectivity index (χ3n) is 3.45. The number of esters is 1. The lowest BCUT2D eigenvalue weighted by atomic mass is 10.2. The zero-order chi connectivity index (χ0) is 16.7. The molecule has 0 saturated carbocycles. The van der Waals surface area contributed by atoms with E-state index in [1.165, 1.54) is 0 Å². The van der Waals surface area contributed by atoms with Gasteiger partial charge in [-0.3, -0.25) is 9.59 Å². The number of amides is 1. The number of hydrogen-bond donors (Lipinski definition) is 0. The first-order chi connectivity index (χ1) is 11.0. The second-order valence-electron chi connectivity index (χ2n) is 5.63. The summed E-state index contributed by atoms with van der Waals surface area (Å²) in [5.74, 6) is 0.0700. The Morgan fingerprint density at radius 3 is 2.48 bits per heavy atom. The van der Waals surface area contributed by atoms with Gasteiger partial charge in [0.15, 0.2) is 6.61 Å². The molecule has 1 aliphatic rings. The average molecular weight is 321 g/mol. The highest BCUT2D eigenvalue weighted by Crippen LogP contribution is 2.11. The van der Waals surface area contributed by atoms with Gasteiger partial charge in [0.2, 0.25) is 0 Å². The average Bonchev–Trinajstić information content (AvgIpc) is 2.52. The topological polar surface area (TPSA) is 65.1 Å². The van der Waals surface area contributed by atoms with E-state index in [2.05, 4.69) is 0 Å². The van der Waals surface area contributed by atoms with Crippen LogP contribution in [0.4, 0.5) is 0 Å². The second-order valence-corrected chi connectivity index (χ2v) is 5.63. The van der Waals surface area contributed by atoms with Crippen molar-refractivity contribution in [2.24, 2.45) is 0 Å². The van der Waals surface area contributed by atoms with Crippen molar-refractivity contribution in [1.82, 2.24) is 4.90 Å². The minimum atomic E-state index is -0.441. The smallest absolute Gasteiger partial charge is 0.309 e. The zero-order valence-corrected chi connectivity index (χ0v) is 13.6. The van der Waals surface area contributed by atoms with Gasteiger partial charge in [-0.15, -0.1) is 0 Å². The lowest BCUT2D eigenvalue weighted by Crippen LogP contribution is -2.49. The van der Waals surface area contributed by atoms with Gasteiger partial charge >= 0.3 is 5.97 Å². The molecule has 1 aromatic rings. The van der Waals surface area contributed by atoms with E-state index in [0.29, 0.717) is 18.8 Å². The molecule has 6 nitrogen and oxygen atoms in total. The minimum Gasteiger partial charge on any atom is -0.493 e. The van der Waals surface area contributed by atoms with Crippen LogP contribution >= 0.6 is 0 Å². The Bertz CT molecular complexity index is 509. The monoisotopic (exact) mass is 321 g/mol. The van der Waals surface area contributed by atoms with Gasteiger partial charge in [-0.05, 0) is 26.0 Å². The van der Waals surface area contributed by atoms with E-state index in [0.717, 1.165) is 0 Å². The highest BCUT2D eigenvalue weighted by Gasteiger charge is 2.26. The summed E-state index contributed by atoms with van der Waals surface area (Å²) in [5.41, 5.74) is 0. The summed E-state index contributed by atoms with van der Waals surface area (Å²) in [6.07, 6.45) is 0.105. The number of hydrogen-bond acceptors (Lipinski definition) is 5. The number of nitrogens with zero attached hydrogens (tertiary/aromatic N) is 1. The van der Waals surface area contributed by atoms with Gasteiger partial charge < -0.3 is 19.1 Å². The molecule has 0 aliphatic carbocycles. The Hall–Kier alpha value is -2.08. The van der Waals surface area contributed by atoms with Crippen LogP contribution in [-0.2, 0) is 19.1 Å². The van der Waals surface area contributed by atoms with Crippen molar-refractivity contribution in [2.45, 2.75) is 32.5 Å². The highest BCUT2D eigenvalue weighted by atomic mass is 16.5. The lowest BCUT2D eigenvalue weighted by molar-refractivity contribution is -0.157. The third-order valence-corrected chi connectivity index (χ3v) is 3.45. The van der Waals surface area contributed by atoms with Crippen LogP contribution in [0, 0.1) is 0 Å². The lowest BCUT2D eigenvalue weighted by Gasteiger charge is -2.35. The molecular weight excluding hydrogens is 298 g/mol. The first-order valence-corrected chi connectivity index (χ1v) is 7.81. The van der Waals surface area contributed by atoms with Crippen molar-refractivity contribution >= 4 is 11.9 Å². The molecule has 2 atom stereocenters. The minimum absolute atomic E-state index is 0.00215. The van der Waals surface area contributed by atoms with Crippen LogP contribution in [0.25, 0.3) is 0 Å². The van der Waals surface area contributed by atoms with Crippen LogP contribution in [-0.4, -0.2) is 55.3 Å². The van der Waals surface area contributed by atoms with Crippen molar-refractivity contribution < 1.29 is 23.8 Å². The summed E-state index contributed by atoms with van der Waals surface area (Å²) in [7, 11) is 0. The molecule has 1 heterocycles. The predicted octanol–water partition coefficient (Wildman–Crippen LogP) is 1.63. The molecule has 23 heavy (non-hydrogen) atoms. The van der Waals surface area contributed by atoms with Crippen LogP contribution in [0.15, 0.2) is 30.3 Å². The van der Waals surface area contributed by atoms with Gasteiger partial charge in [0.1, 0.15) is 5.75 Å². The zero-order valence-electron chi connectivity index (χ0n) is 13.6. The van der Waals surface area contributed by atoms with E-state index < -0.39 is 5.97 Å². The number of morpholine rings is 1. The molecule has 126 valence electrons. The Labute approximate surface area is 136 Å². The number of ether oxygens (including phenoxy) is 3. The van der Waals surface area contributed by atoms with Gasteiger partial charge in [0.25, 0.3) is 5.91 Å². The van der Waals surface area contributed by atoms with Crippen LogP contribution in [0.5, 0.6) is 5.75 Å². The summed E-state index contributed by atoms with van der Waals surface area (Å²) in [4.78, 5) is 25.4. The SMILES string of the molecule is C[C@H]1CN(C(=O)COC(=O)CCOc2ccccc2)C[C@H](C)O1. The van der Waals surface area contributed by atoms with Crippen LogP contribution in [0.3, 0.4) is 0 Å². The molecule has 0 radical (unpaired) electrons. The number of carbonyl (C=O) groups is 2. The highest BCUT2D eigenvalue weighted by molar-refractivity contribution is 5.80. The number of carbonyl (C=O) groups excluding carboxylic acids is 2. The Morgan fingerprint density at radius 1 is 1.17 bits per heavy atom. The molecule has 0 bridgehead atoms.